The van der Waals surface area contributed by atoms with Crippen LogP contribution in [0.1, 0.15) is 0 Å². The van der Waals surface area contributed by atoms with E-state index in [0.717, 1.165) is 0 Å². The molecule has 0 amide bonds. The zero-order valence-electron chi connectivity index (χ0n) is 10.3. The summed E-state index contributed by atoms with van der Waals surface area (Å²) < 4.78 is 35.1. The van der Waals surface area contributed by atoms with E-state index in [1.165, 1.54) is 31.4 Å². The summed E-state index contributed by atoms with van der Waals surface area (Å²) in [5.74, 6) is 0.655. The molecule has 0 aliphatic carbocycles. The number of ether oxygens (including phenoxy) is 1. The summed E-state index contributed by atoms with van der Waals surface area (Å²) in [7, 11) is -2.51. The molecule has 0 aliphatic rings. The Morgan fingerprint density at radius 3 is 2.45 bits per heavy atom. The maximum atomic E-state index is 12.2. The number of methoxy groups -OCH3 is 1. The summed E-state index contributed by atoms with van der Waals surface area (Å²) in [6.07, 6.45) is 0. The largest absolute Gasteiger partial charge is 0.497 e. The molecule has 0 heterocycles. The van der Waals surface area contributed by atoms with Gasteiger partial charge in [0.2, 0.25) is 0 Å². The van der Waals surface area contributed by atoms with Gasteiger partial charge in [0.15, 0.2) is 0 Å². The SMILES string of the molecule is COc1cccc(OS(=O)(=O)c2ccc(Br)cc2Cl)c1. The molecule has 0 unspecified atom stereocenters. The molecule has 0 atom stereocenters. The lowest BCUT2D eigenvalue weighted by atomic mass is 10.3. The van der Waals surface area contributed by atoms with Gasteiger partial charge in [-0.25, -0.2) is 0 Å². The van der Waals surface area contributed by atoms with Crippen LogP contribution in [-0.2, 0) is 10.1 Å². The summed E-state index contributed by atoms with van der Waals surface area (Å²) in [4.78, 5) is -0.0924. The van der Waals surface area contributed by atoms with E-state index in [9.17, 15) is 8.42 Å². The van der Waals surface area contributed by atoms with Crippen molar-refractivity contribution in [1.82, 2.24) is 0 Å². The molecule has 0 saturated carbocycles. The second-order valence-corrected chi connectivity index (χ2v) is 6.63. The molecule has 4 nitrogen and oxygen atoms in total. The quantitative estimate of drug-likeness (QED) is 0.759. The molecule has 20 heavy (non-hydrogen) atoms. The summed E-state index contributed by atoms with van der Waals surface area (Å²) in [5.41, 5.74) is 0. The van der Waals surface area contributed by atoms with Crippen molar-refractivity contribution in [2.75, 3.05) is 7.11 Å². The molecule has 0 aromatic heterocycles. The fourth-order valence-electron chi connectivity index (χ4n) is 1.50. The van der Waals surface area contributed by atoms with Crippen LogP contribution in [0.2, 0.25) is 5.02 Å². The van der Waals surface area contributed by atoms with Gasteiger partial charge in [-0.1, -0.05) is 33.6 Å². The Morgan fingerprint density at radius 2 is 1.80 bits per heavy atom. The van der Waals surface area contributed by atoms with E-state index < -0.39 is 10.1 Å². The Balaban J connectivity index is 2.35. The highest BCUT2D eigenvalue weighted by Gasteiger charge is 2.20. The van der Waals surface area contributed by atoms with Gasteiger partial charge in [0.25, 0.3) is 0 Å². The van der Waals surface area contributed by atoms with Gasteiger partial charge in [0.1, 0.15) is 16.4 Å². The zero-order valence-corrected chi connectivity index (χ0v) is 13.5. The van der Waals surface area contributed by atoms with E-state index in [0.29, 0.717) is 10.2 Å². The van der Waals surface area contributed by atoms with Gasteiger partial charge >= 0.3 is 10.1 Å². The fraction of sp³-hybridized carbons (Fsp3) is 0.0769. The van der Waals surface area contributed by atoms with Gasteiger partial charge in [-0.05, 0) is 30.3 Å². The summed E-state index contributed by atoms with van der Waals surface area (Å²) in [6.45, 7) is 0. The predicted molar refractivity (Wildman–Crippen MR) is 80.0 cm³/mol. The minimum Gasteiger partial charge on any atom is -0.497 e. The average molecular weight is 378 g/mol. The Morgan fingerprint density at radius 1 is 1.10 bits per heavy atom. The summed E-state index contributed by atoms with van der Waals surface area (Å²) in [6, 6.07) is 10.8. The smallest absolute Gasteiger partial charge is 0.340 e. The molecular formula is C13H10BrClO4S. The second kappa shape index (κ2) is 6.03. The van der Waals surface area contributed by atoms with Crippen LogP contribution in [0.4, 0.5) is 0 Å². The molecule has 2 aromatic rings. The normalized spacial score (nSPS) is 11.2. The first-order valence-electron chi connectivity index (χ1n) is 5.46. The molecule has 0 spiro atoms. The highest BCUT2D eigenvalue weighted by molar-refractivity contribution is 9.10. The first kappa shape index (κ1) is 15.2. The Bertz CT molecular complexity index is 731. The van der Waals surface area contributed by atoms with Gasteiger partial charge in [0.05, 0.1) is 12.1 Å². The third-order valence-electron chi connectivity index (χ3n) is 2.41. The zero-order chi connectivity index (χ0) is 14.8. The molecule has 0 fully saturated rings. The molecule has 0 N–H and O–H groups in total. The van der Waals surface area contributed by atoms with E-state index in [2.05, 4.69) is 15.9 Å². The van der Waals surface area contributed by atoms with Crippen molar-refractivity contribution in [3.8, 4) is 11.5 Å². The van der Waals surface area contributed by atoms with Crippen LogP contribution in [0, 0.1) is 0 Å². The minimum absolute atomic E-state index is 0.0854. The van der Waals surface area contributed by atoms with Crippen LogP contribution < -0.4 is 8.92 Å². The maximum Gasteiger partial charge on any atom is 0.340 e. The van der Waals surface area contributed by atoms with Crippen molar-refractivity contribution in [2.24, 2.45) is 0 Å². The fourth-order valence-corrected chi connectivity index (χ4v) is 3.44. The van der Waals surface area contributed by atoms with Gasteiger partial charge < -0.3 is 8.92 Å². The van der Waals surface area contributed by atoms with Gasteiger partial charge in [0, 0.05) is 10.5 Å². The Kier molecular flexibility index (Phi) is 4.57. The molecular weight excluding hydrogens is 368 g/mol. The predicted octanol–water partition coefficient (Wildman–Crippen LogP) is 3.88. The van der Waals surface area contributed by atoms with E-state index >= 15 is 0 Å². The Hall–Kier alpha value is -1.24. The van der Waals surface area contributed by atoms with Crippen LogP contribution in [0.5, 0.6) is 11.5 Å². The number of hydrogen-bond donors (Lipinski definition) is 0. The van der Waals surface area contributed by atoms with Crippen LogP contribution in [0.15, 0.2) is 51.8 Å². The van der Waals surface area contributed by atoms with Crippen molar-refractivity contribution in [3.63, 3.8) is 0 Å². The number of rotatable bonds is 4. The lowest BCUT2D eigenvalue weighted by Crippen LogP contribution is -2.10. The molecule has 0 aliphatic heterocycles. The highest BCUT2D eigenvalue weighted by atomic mass is 79.9. The van der Waals surface area contributed by atoms with Gasteiger partial charge in [-0.3, -0.25) is 0 Å². The summed E-state index contributed by atoms with van der Waals surface area (Å²) in [5, 5.41) is 0.0854. The van der Waals surface area contributed by atoms with Gasteiger partial charge in [-0.2, -0.15) is 8.42 Å². The topological polar surface area (TPSA) is 52.6 Å². The highest BCUT2D eigenvalue weighted by Crippen LogP contribution is 2.28. The second-order valence-electron chi connectivity index (χ2n) is 3.79. The molecule has 2 aromatic carbocycles. The van der Waals surface area contributed by atoms with Crippen molar-refractivity contribution < 1.29 is 17.3 Å². The lowest BCUT2D eigenvalue weighted by Gasteiger charge is -2.09. The van der Waals surface area contributed by atoms with Gasteiger partial charge in [-0.15, -0.1) is 0 Å². The first-order chi connectivity index (χ1) is 9.42. The molecule has 0 bridgehead atoms. The molecule has 106 valence electrons. The third kappa shape index (κ3) is 3.45. The standard InChI is InChI=1S/C13H10BrClO4S/c1-18-10-3-2-4-11(8-10)19-20(16,17)13-6-5-9(14)7-12(13)15/h2-8H,1H3. The molecule has 0 radical (unpaired) electrons. The Labute approximate surface area is 130 Å². The van der Waals surface area contributed by atoms with Crippen LogP contribution in [0.25, 0.3) is 0 Å². The van der Waals surface area contributed by atoms with E-state index in [1.54, 1.807) is 18.2 Å². The van der Waals surface area contributed by atoms with Crippen molar-refractivity contribution in [3.05, 3.63) is 52.0 Å². The molecule has 2 rings (SSSR count). The van der Waals surface area contributed by atoms with Crippen molar-refractivity contribution in [1.29, 1.82) is 0 Å². The number of benzene rings is 2. The molecule has 0 saturated heterocycles. The minimum atomic E-state index is -3.99. The molecule has 7 heteroatoms. The van der Waals surface area contributed by atoms with E-state index in [-0.39, 0.29) is 15.7 Å². The maximum absolute atomic E-state index is 12.2. The lowest BCUT2D eigenvalue weighted by molar-refractivity contribution is 0.411. The summed E-state index contributed by atoms with van der Waals surface area (Å²) >= 11 is 9.14. The number of hydrogen-bond acceptors (Lipinski definition) is 4. The van der Waals surface area contributed by atoms with Crippen LogP contribution in [0.3, 0.4) is 0 Å². The van der Waals surface area contributed by atoms with Crippen molar-refractivity contribution in [2.45, 2.75) is 4.90 Å². The monoisotopic (exact) mass is 376 g/mol. The number of halogens is 2. The third-order valence-corrected chi connectivity index (χ3v) is 4.63. The average Bonchev–Trinajstić information content (AvgIpc) is 2.37. The van der Waals surface area contributed by atoms with Crippen molar-refractivity contribution >= 4 is 37.6 Å². The van der Waals surface area contributed by atoms with Crippen LogP contribution in [-0.4, -0.2) is 15.5 Å². The van der Waals surface area contributed by atoms with E-state index in [4.69, 9.17) is 20.5 Å². The van der Waals surface area contributed by atoms with E-state index in [1.807, 2.05) is 0 Å². The first-order valence-corrected chi connectivity index (χ1v) is 8.04. The van der Waals surface area contributed by atoms with Crippen LogP contribution >= 0.6 is 27.5 Å².